The van der Waals surface area contributed by atoms with Crippen molar-refractivity contribution in [2.24, 2.45) is 0 Å². The minimum atomic E-state index is -1.10. The third-order valence-electron chi connectivity index (χ3n) is 1.25. The number of carbonyl (C=O) groups excluding carboxylic acids is 1. The Morgan fingerprint density at radius 2 is 2.08 bits per heavy atom. The molecule has 0 N–H and O–H groups in total. The smallest absolute Gasteiger partial charge is 0.0603 e. The van der Waals surface area contributed by atoms with E-state index >= 15 is 0 Å². The number of halogens is 2. The summed E-state index contributed by atoms with van der Waals surface area (Å²) in [5, 5.41) is 11.0. The van der Waals surface area contributed by atoms with Gasteiger partial charge in [-0.1, -0.05) is 23.2 Å². The molecule has 1 rings (SSSR count). The maximum atomic E-state index is 10.1. The van der Waals surface area contributed by atoms with Crippen LogP contribution in [-0.2, 0) is 4.79 Å². The van der Waals surface area contributed by atoms with Gasteiger partial charge in [0.05, 0.1) is 16.0 Å². The average molecular weight is 236 g/mol. The molecule has 1 aromatic rings. The van der Waals surface area contributed by atoms with E-state index in [9.17, 15) is 9.90 Å². The Kier molecular flexibility index (Phi) is 3.90. The van der Waals surface area contributed by atoms with Crippen LogP contribution in [0.2, 0.25) is 10.0 Å². The summed E-state index contributed by atoms with van der Waals surface area (Å²) in [6, 6.07) is 4.96. The molecule has 0 radical (unpaired) electrons. The molecule has 0 fully saturated rings. The zero-order valence-corrected chi connectivity index (χ0v) is 8.75. The lowest BCUT2D eigenvalue weighted by Gasteiger charge is -2.03. The van der Waals surface area contributed by atoms with Crippen LogP contribution in [-0.4, -0.2) is 11.7 Å². The normalized spacial score (nSPS) is 10.0. The molecule has 1 aromatic carbocycles. The number of benzene rings is 1. The number of hydrogen-bond donors (Lipinski definition) is 0. The van der Waals surface area contributed by atoms with Crippen LogP contribution >= 0.6 is 35.0 Å². The number of carboxylic acid groups (broad SMARTS) is 1. The SMILES string of the molecule is O=C([O-])CSc1ccc(Cl)c(Cl)c1. The second-order valence-electron chi connectivity index (χ2n) is 2.24. The molecule has 2 nitrogen and oxygen atoms in total. The highest BCUT2D eigenvalue weighted by Gasteiger charge is 1.99. The van der Waals surface area contributed by atoms with Gasteiger partial charge in [0, 0.05) is 10.6 Å². The lowest BCUT2D eigenvalue weighted by molar-refractivity contribution is -0.301. The van der Waals surface area contributed by atoms with Crippen molar-refractivity contribution in [3.05, 3.63) is 28.2 Å². The zero-order valence-electron chi connectivity index (χ0n) is 6.42. The second kappa shape index (κ2) is 4.74. The van der Waals surface area contributed by atoms with Gasteiger partial charge in [-0.25, -0.2) is 0 Å². The first kappa shape index (κ1) is 10.7. The predicted octanol–water partition coefficient (Wildman–Crippen LogP) is 1.84. The lowest BCUT2D eigenvalue weighted by Crippen LogP contribution is -2.24. The minimum Gasteiger partial charge on any atom is -0.549 e. The van der Waals surface area contributed by atoms with Crippen molar-refractivity contribution in [2.45, 2.75) is 4.90 Å². The van der Waals surface area contributed by atoms with Crippen LogP contribution < -0.4 is 5.11 Å². The van der Waals surface area contributed by atoms with Crippen molar-refractivity contribution in [3.63, 3.8) is 0 Å². The highest BCUT2D eigenvalue weighted by atomic mass is 35.5. The molecule has 0 bridgehead atoms. The Balaban J connectivity index is 2.68. The van der Waals surface area contributed by atoms with Gasteiger partial charge in [0.2, 0.25) is 0 Å². The van der Waals surface area contributed by atoms with Crippen molar-refractivity contribution < 1.29 is 9.90 Å². The van der Waals surface area contributed by atoms with Crippen molar-refractivity contribution in [1.82, 2.24) is 0 Å². The standard InChI is InChI=1S/C8H6Cl2O2S/c9-6-2-1-5(3-7(6)10)13-4-8(11)12/h1-3H,4H2,(H,11,12)/p-1. The Morgan fingerprint density at radius 3 is 2.62 bits per heavy atom. The summed E-state index contributed by atoms with van der Waals surface area (Å²) in [7, 11) is 0. The molecule has 0 spiro atoms. The van der Waals surface area contributed by atoms with Crippen LogP contribution in [0, 0.1) is 0 Å². The van der Waals surface area contributed by atoms with E-state index in [1.54, 1.807) is 18.2 Å². The van der Waals surface area contributed by atoms with E-state index in [2.05, 4.69) is 0 Å². The van der Waals surface area contributed by atoms with Crippen molar-refractivity contribution in [3.8, 4) is 0 Å². The van der Waals surface area contributed by atoms with E-state index in [0.29, 0.717) is 10.0 Å². The highest BCUT2D eigenvalue weighted by molar-refractivity contribution is 8.00. The predicted molar refractivity (Wildman–Crippen MR) is 52.2 cm³/mol. The third kappa shape index (κ3) is 3.46. The Hall–Kier alpha value is -0.380. The first-order valence-corrected chi connectivity index (χ1v) is 5.11. The maximum absolute atomic E-state index is 10.1. The number of hydrogen-bond acceptors (Lipinski definition) is 3. The van der Waals surface area contributed by atoms with Crippen LogP contribution in [0.1, 0.15) is 0 Å². The molecule has 0 aliphatic heterocycles. The van der Waals surface area contributed by atoms with E-state index < -0.39 is 5.97 Å². The van der Waals surface area contributed by atoms with Crippen LogP contribution in [0.15, 0.2) is 23.1 Å². The molecule has 0 aliphatic carbocycles. The molecule has 5 heteroatoms. The number of rotatable bonds is 3. The van der Waals surface area contributed by atoms with Gasteiger partial charge in [-0.05, 0) is 18.2 Å². The van der Waals surface area contributed by atoms with Crippen molar-refractivity contribution in [2.75, 3.05) is 5.75 Å². The molecule has 0 atom stereocenters. The number of aliphatic carboxylic acids is 1. The van der Waals surface area contributed by atoms with Gasteiger partial charge in [-0.3, -0.25) is 0 Å². The van der Waals surface area contributed by atoms with E-state index in [1.165, 1.54) is 0 Å². The summed E-state index contributed by atoms with van der Waals surface area (Å²) in [6.07, 6.45) is 0. The topological polar surface area (TPSA) is 40.1 Å². The van der Waals surface area contributed by atoms with Crippen LogP contribution in [0.5, 0.6) is 0 Å². The monoisotopic (exact) mass is 235 g/mol. The third-order valence-corrected chi connectivity index (χ3v) is 2.95. The quantitative estimate of drug-likeness (QED) is 0.751. The fourth-order valence-corrected chi connectivity index (χ4v) is 1.72. The molecule has 0 heterocycles. The van der Waals surface area contributed by atoms with Gasteiger partial charge in [0.25, 0.3) is 0 Å². The first-order chi connectivity index (χ1) is 6.09. The van der Waals surface area contributed by atoms with Crippen molar-refractivity contribution >= 4 is 40.9 Å². The Bertz CT molecular complexity index is 328. The van der Waals surface area contributed by atoms with Gasteiger partial charge in [0.1, 0.15) is 0 Å². The van der Waals surface area contributed by atoms with Gasteiger partial charge in [-0.15, -0.1) is 11.8 Å². The summed E-state index contributed by atoms with van der Waals surface area (Å²) in [6.45, 7) is 0. The number of carboxylic acids is 1. The molecule has 0 aliphatic rings. The summed E-state index contributed by atoms with van der Waals surface area (Å²) >= 11 is 12.5. The van der Waals surface area contributed by atoms with E-state index in [4.69, 9.17) is 23.2 Å². The van der Waals surface area contributed by atoms with Crippen LogP contribution in [0.3, 0.4) is 0 Å². The molecule has 13 heavy (non-hydrogen) atoms. The van der Waals surface area contributed by atoms with Gasteiger partial charge in [-0.2, -0.15) is 0 Å². The number of carbonyl (C=O) groups is 1. The molecule has 70 valence electrons. The highest BCUT2D eigenvalue weighted by Crippen LogP contribution is 2.27. The fourth-order valence-electron chi connectivity index (χ4n) is 0.709. The van der Waals surface area contributed by atoms with E-state index in [-0.39, 0.29) is 5.75 Å². The molecule has 0 amide bonds. The summed E-state index contributed by atoms with van der Waals surface area (Å²) in [5.74, 6) is -1.19. The molecule has 0 saturated heterocycles. The molecular weight excluding hydrogens is 231 g/mol. The molecular formula is C8H5Cl2O2S-. The summed E-state index contributed by atoms with van der Waals surface area (Å²) in [4.78, 5) is 10.9. The molecule has 0 saturated carbocycles. The fraction of sp³-hybridized carbons (Fsp3) is 0.125. The number of thioether (sulfide) groups is 1. The minimum absolute atomic E-state index is 0.0854. The first-order valence-electron chi connectivity index (χ1n) is 3.37. The summed E-state index contributed by atoms with van der Waals surface area (Å²) in [5.41, 5.74) is 0. The van der Waals surface area contributed by atoms with Gasteiger partial charge in [0.15, 0.2) is 0 Å². The lowest BCUT2D eigenvalue weighted by atomic mass is 10.4. The van der Waals surface area contributed by atoms with Gasteiger partial charge >= 0.3 is 0 Å². The maximum Gasteiger partial charge on any atom is 0.0603 e. The average Bonchev–Trinajstić information content (AvgIpc) is 2.07. The largest absolute Gasteiger partial charge is 0.549 e. The summed E-state index contributed by atoms with van der Waals surface area (Å²) < 4.78 is 0. The Labute approximate surface area is 89.8 Å². The zero-order chi connectivity index (χ0) is 9.84. The van der Waals surface area contributed by atoms with Gasteiger partial charge < -0.3 is 9.90 Å². The second-order valence-corrected chi connectivity index (χ2v) is 4.10. The van der Waals surface area contributed by atoms with Crippen LogP contribution in [0.4, 0.5) is 0 Å². The van der Waals surface area contributed by atoms with Crippen molar-refractivity contribution in [1.29, 1.82) is 0 Å². The van der Waals surface area contributed by atoms with E-state index in [0.717, 1.165) is 16.7 Å². The molecule has 0 unspecified atom stereocenters. The van der Waals surface area contributed by atoms with E-state index in [1.807, 2.05) is 0 Å². The molecule has 0 aromatic heterocycles. The van der Waals surface area contributed by atoms with Crippen LogP contribution in [0.25, 0.3) is 0 Å². The Morgan fingerprint density at radius 1 is 1.38 bits per heavy atom.